The Balaban J connectivity index is 2.25. The maximum atomic E-state index is 2.86. The highest BCUT2D eigenvalue weighted by molar-refractivity contribution is 4.83. The third-order valence-corrected chi connectivity index (χ3v) is 8.36. The molecule has 202 valence electrons. The molecule has 2 heterocycles. The molecule has 0 atom stereocenters. The predicted molar refractivity (Wildman–Crippen MR) is 149 cm³/mol. The largest absolute Gasteiger partial charge is 0.298 e. The number of hydrogen-bond acceptors (Lipinski definition) is 6. The van der Waals surface area contributed by atoms with Crippen molar-refractivity contribution in [1.29, 1.82) is 0 Å². The fourth-order valence-corrected chi connectivity index (χ4v) is 5.73. The Morgan fingerprint density at radius 1 is 0.382 bits per heavy atom. The van der Waals surface area contributed by atoms with Crippen LogP contribution >= 0.6 is 0 Å². The van der Waals surface area contributed by atoms with Crippen LogP contribution in [-0.4, -0.2) is 138 Å². The minimum atomic E-state index is 0.548. The third-order valence-electron chi connectivity index (χ3n) is 8.36. The van der Waals surface area contributed by atoms with Crippen LogP contribution in [0.4, 0.5) is 0 Å². The van der Waals surface area contributed by atoms with Crippen molar-refractivity contribution in [1.82, 2.24) is 29.4 Å². The molecule has 2 aliphatic heterocycles. The highest BCUT2D eigenvalue weighted by Gasteiger charge is 2.29. The first-order valence-electron chi connectivity index (χ1n) is 14.6. The number of nitrogens with zero attached hydrogens (tertiary/aromatic N) is 6. The summed E-state index contributed by atoms with van der Waals surface area (Å²) >= 11 is 0. The average molecular weight is 481 g/mol. The molecule has 2 fully saturated rings. The lowest BCUT2D eigenvalue weighted by molar-refractivity contribution is 0.0172. The molecule has 2 rings (SSSR count). The summed E-state index contributed by atoms with van der Waals surface area (Å²) in [4.78, 5) is 16.5. The Morgan fingerprint density at radius 3 is 0.765 bits per heavy atom. The molecule has 0 radical (unpaired) electrons. The van der Waals surface area contributed by atoms with Gasteiger partial charge in [-0.1, -0.05) is 13.3 Å². The second-order valence-corrected chi connectivity index (χ2v) is 11.9. The molecule has 0 unspecified atom stereocenters. The van der Waals surface area contributed by atoms with Crippen molar-refractivity contribution in [3.63, 3.8) is 0 Å². The van der Waals surface area contributed by atoms with Gasteiger partial charge in [0.25, 0.3) is 0 Å². The van der Waals surface area contributed by atoms with E-state index in [9.17, 15) is 0 Å². The van der Waals surface area contributed by atoms with Gasteiger partial charge in [-0.05, 0) is 61.8 Å². The molecule has 2 saturated heterocycles. The van der Waals surface area contributed by atoms with Crippen LogP contribution in [0.15, 0.2) is 0 Å². The van der Waals surface area contributed by atoms with Crippen molar-refractivity contribution in [3.05, 3.63) is 0 Å². The van der Waals surface area contributed by atoms with Gasteiger partial charge in [0.2, 0.25) is 0 Å². The van der Waals surface area contributed by atoms with Gasteiger partial charge < -0.3 is 0 Å². The highest BCUT2D eigenvalue weighted by Crippen LogP contribution is 2.18. The minimum absolute atomic E-state index is 0.548. The quantitative estimate of drug-likeness (QED) is 0.525. The molecule has 0 N–H and O–H groups in total. The Morgan fingerprint density at radius 2 is 0.588 bits per heavy atom. The van der Waals surface area contributed by atoms with Crippen molar-refractivity contribution in [3.8, 4) is 0 Å². The van der Waals surface area contributed by atoms with Crippen LogP contribution in [0, 0.1) is 0 Å². The van der Waals surface area contributed by atoms with E-state index in [-0.39, 0.29) is 0 Å². The van der Waals surface area contributed by atoms with Crippen LogP contribution < -0.4 is 0 Å². The van der Waals surface area contributed by atoms with Gasteiger partial charge in [-0.15, -0.1) is 0 Å². The standard InChI is InChI=1S/C28H60N6/c1-10-11-28(33-20-16-29(24(2)3)12-13-30(17-21-33)25(4)5)34-22-18-31(26(6)7)14-15-32(19-23-34)27(8)9/h24-28H,10-23H2,1-9H3. The van der Waals surface area contributed by atoms with Gasteiger partial charge in [-0.25, -0.2) is 0 Å². The normalized spacial score (nSPS) is 23.5. The first-order chi connectivity index (χ1) is 16.1. The van der Waals surface area contributed by atoms with Gasteiger partial charge in [0.1, 0.15) is 0 Å². The zero-order chi connectivity index (χ0) is 25.3. The smallest absolute Gasteiger partial charge is 0.0624 e. The molecule has 0 spiro atoms. The zero-order valence-corrected chi connectivity index (χ0v) is 24.5. The van der Waals surface area contributed by atoms with Gasteiger partial charge >= 0.3 is 0 Å². The summed E-state index contributed by atoms with van der Waals surface area (Å²) in [6.45, 7) is 35.6. The van der Waals surface area contributed by atoms with Crippen LogP contribution in [0.5, 0.6) is 0 Å². The van der Waals surface area contributed by atoms with E-state index in [0.29, 0.717) is 30.3 Å². The van der Waals surface area contributed by atoms with Crippen molar-refractivity contribution in [2.75, 3.05) is 78.5 Å². The second-order valence-electron chi connectivity index (χ2n) is 11.9. The van der Waals surface area contributed by atoms with Crippen molar-refractivity contribution in [2.24, 2.45) is 0 Å². The topological polar surface area (TPSA) is 19.4 Å². The minimum Gasteiger partial charge on any atom is -0.298 e. The maximum absolute atomic E-state index is 2.86. The second kappa shape index (κ2) is 15.1. The van der Waals surface area contributed by atoms with Crippen LogP contribution in [0.2, 0.25) is 0 Å². The fourth-order valence-electron chi connectivity index (χ4n) is 5.73. The number of rotatable bonds is 8. The zero-order valence-electron chi connectivity index (χ0n) is 24.5. The van der Waals surface area contributed by atoms with E-state index >= 15 is 0 Å². The predicted octanol–water partition coefficient (Wildman–Crippen LogP) is 3.59. The Labute approximate surface area is 213 Å². The summed E-state index contributed by atoms with van der Waals surface area (Å²) in [6, 6.07) is 2.46. The molecule has 0 aromatic rings. The first-order valence-corrected chi connectivity index (χ1v) is 14.6. The van der Waals surface area contributed by atoms with E-state index < -0.39 is 0 Å². The molecule has 0 aromatic carbocycles. The monoisotopic (exact) mass is 480 g/mol. The van der Waals surface area contributed by atoms with E-state index in [1.165, 1.54) is 91.4 Å². The van der Waals surface area contributed by atoms with Gasteiger partial charge in [0, 0.05) is 103 Å². The lowest BCUT2D eigenvalue weighted by Crippen LogP contribution is -2.54. The maximum Gasteiger partial charge on any atom is 0.0624 e. The molecule has 0 saturated carbocycles. The molecule has 34 heavy (non-hydrogen) atoms. The molecule has 0 amide bonds. The third kappa shape index (κ3) is 9.33. The summed E-state index contributed by atoms with van der Waals surface area (Å²) in [5, 5.41) is 0. The Hall–Kier alpha value is -0.240. The Kier molecular flexibility index (Phi) is 13.3. The van der Waals surface area contributed by atoms with E-state index in [0.717, 1.165) is 0 Å². The van der Waals surface area contributed by atoms with Crippen LogP contribution in [-0.2, 0) is 0 Å². The van der Waals surface area contributed by atoms with Crippen molar-refractivity contribution in [2.45, 2.75) is 105 Å². The van der Waals surface area contributed by atoms with E-state index in [1.54, 1.807) is 0 Å². The van der Waals surface area contributed by atoms with Gasteiger partial charge in [0.05, 0.1) is 6.17 Å². The van der Waals surface area contributed by atoms with Gasteiger partial charge in [0.15, 0.2) is 0 Å². The summed E-state index contributed by atoms with van der Waals surface area (Å²) in [5.74, 6) is 0. The molecule has 6 heteroatoms. The van der Waals surface area contributed by atoms with Crippen LogP contribution in [0.1, 0.15) is 75.2 Å². The molecule has 2 aliphatic rings. The summed E-state index contributed by atoms with van der Waals surface area (Å²) in [7, 11) is 0. The molecule has 6 nitrogen and oxygen atoms in total. The Bertz CT molecular complexity index is 453. The lowest BCUT2D eigenvalue weighted by Gasteiger charge is -2.42. The summed E-state index contributed by atoms with van der Waals surface area (Å²) < 4.78 is 0. The van der Waals surface area contributed by atoms with Crippen LogP contribution in [0.3, 0.4) is 0 Å². The lowest BCUT2D eigenvalue weighted by atomic mass is 10.2. The van der Waals surface area contributed by atoms with E-state index in [2.05, 4.69) is 91.7 Å². The average Bonchev–Trinajstić information content (AvgIpc) is 2.95. The van der Waals surface area contributed by atoms with Gasteiger partial charge in [-0.3, -0.25) is 29.4 Å². The molecule has 0 aromatic heterocycles. The van der Waals surface area contributed by atoms with E-state index in [4.69, 9.17) is 0 Å². The highest BCUT2D eigenvalue weighted by atomic mass is 15.4. The van der Waals surface area contributed by atoms with E-state index in [1.807, 2.05) is 0 Å². The fraction of sp³-hybridized carbons (Fsp3) is 1.00. The first kappa shape index (κ1) is 30.0. The van der Waals surface area contributed by atoms with Crippen LogP contribution in [0.25, 0.3) is 0 Å². The molecular formula is C28H60N6. The summed E-state index contributed by atoms with van der Waals surface area (Å²) in [6.07, 6.45) is 3.07. The molecule has 0 aliphatic carbocycles. The molecular weight excluding hydrogens is 420 g/mol. The van der Waals surface area contributed by atoms with Crippen molar-refractivity contribution >= 4 is 0 Å². The van der Waals surface area contributed by atoms with Gasteiger partial charge in [-0.2, -0.15) is 0 Å². The SMILES string of the molecule is CCCC(N1CCN(C(C)C)CCN(C(C)C)CC1)N1CCN(C(C)C)CCN(C(C)C)CC1. The van der Waals surface area contributed by atoms with Crippen molar-refractivity contribution < 1.29 is 0 Å². The number of hydrogen-bond donors (Lipinski definition) is 0. The molecule has 0 bridgehead atoms. The summed E-state index contributed by atoms with van der Waals surface area (Å²) in [5.41, 5.74) is 0.